The van der Waals surface area contributed by atoms with Gasteiger partial charge in [-0.25, -0.2) is 4.98 Å². The third-order valence-electron chi connectivity index (χ3n) is 5.49. The summed E-state index contributed by atoms with van der Waals surface area (Å²) >= 11 is 1.60. The van der Waals surface area contributed by atoms with E-state index < -0.39 is 0 Å². The van der Waals surface area contributed by atoms with Crippen LogP contribution in [-0.2, 0) is 0 Å². The molecule has 2 aliphatic rings. The fraction of sp³-hybridized carbons (Fsp3) is 0.333. The molecule has 2 fully saturated rings. The van der Waals surface area contributed by atoms with Gasteiger partial charge < -0.3 is 9.64 Å². The van der Waals surface area contributed by atoms with Crippen LogP contribution in [0.2, 0.25) is 0 Å². The van der Waals surface area contributed by atoms with Crippen LogP contribution in [0.1, 0.15) is 35.4 Å². The summed E-state index contributed by atoms with van der Waals surface area (Å²) in [6.45, 7) is 0. The smallest absolute Gasteiger partial charge is 0.264 e. The number of ether oxygens (including phenoxy) is 1. The maximum absolute atomic E-state index is 13.2. The Labute approximate surface area is 156 Å². The molecule has 0 aliphatic carbocycles. The summed E-state index contributed by atoms with van der Waals surface area (Å²) in [6.07, 6.45) is 5.83. The van der Waals surface area contributed by atoms with Crippen molar-refractivity contribution in [2.24, 2.45) is 0 Å². The number of rotatable bonds is 3. The summed E-state index contributed by atoms with van der Waals surface area (Å²) in [5, 5.41) is 1.15. The van der Waals surface area contributed by atoms with Crippen LogP contribution in [0.4, 0.5) is 0 Å². The molecule has 2 aromatic heterocycles. The first-order chi connectivity index (χ1) is 12.8. The number of fused-ring (bicyclic) bond motifs is 3. The zero-order valence-electron chi connectivity index (χ0n) is 14.4. The Balaban J connectivity index is 1.34. The maximum Gasteiger partial charge on any atom is 0.264 e. The molecule has 2 unspecified atom stereocenters. The van der Waals surface area contributed by atoms with Crippen molar-refractivity contribution in [2.45, 2.75) is 43.9 Å². The van der Waals surface area contributed by atoms with Crippen molar-refractivity contribution in [2.75, 3.05) is 0 Å². The van der Waals surface area contributed by atoms with Gasteiger partial charge in [0.1, 0.15) is 6.10 Å². The zero-order chi connectivity index (χ0) is 17.5. The van der Waals surface area contributed by atoms with Crippen LogP contribution in [-0.4, -0.2) is 34.0 Å². The summed E-state index contributed by atoms with van der Waals surface area (Å²) in [5.74, 6) is 0.871. The van der Waals surface area contributed by atoms with Crippen LogP contribution in [0.3, 0.4) is 0 Å². The second-order valence-corrected chi connectivity index (χ2v) is 8.21. The van der Waals surface area contributed by atoms with Gasteiger partial charge in [0.05, 0.1) is 4.88 Å². The van der Waals surface area contributed by atoms with Gasteiger partial charge >= 0.3 is 0 Å². The Morgan fingerprint density at radius 3 is 2.58 bits per heavy atom. The topological polar surface area (TPSA) is 42.4 Å². The van der Waals surface area contributed by atoms with Gasteiger partial charge in [-0.05, 0) is 36.4 Å². The summed E-state index contributed by atoms with van der Waals surface area (Å²) in [6, 6.07) is 16.5. The number of carbonyl (C=O) groups is 1. The zero-order valence-corrected chi connectivity index (χ0v) is 15.2. The van der Waals surface area contributed by atoms with E-state index in [0.29, 0.717) is 5.88 Å². The number of benzene rings is 1. The van der Waals surface area contributed by atoms with Crippen molar-refractivity contribution in [3.63, 3.8) is 0 Å². The summed E-state index contributed by atoms with van der Waals surface area (Å²) in [5.41, 5.74) is 0. The quantitative estimate of drug-likeness (QED) is 0.687. The highest BCUT2D eigenvalue weighted by Gasteiger charge is 2.44. The molecule has 2 bridgehead atoms. The van der Waals surface area contributed by atoms with Crippen molar-refractivity contribution < 1.29 is 9.53 Å². The largest absolute Gasteiger partial charge is 0.474 e. The molecule has 3 aromatic rings. The van der Waals surface area contributed by atoms with Crippen LogP contribution in [0.15, 0.2) is 54.7 Å². The van der Waals surface area contributed by atoms with E-state index in [2.05, 4.69) is 22.0 Å². The highest BCUT2D eigenvalue weighted by Crippen LogP contribution is 2.39. The molecule has 2 saturated heterocycles. The summed E-state index contributed by atoms with van der Waals surface area (Å²) < 4.78 is 7.25. The van der Waals surface area contributed by atoms with Crippen LogP contribution < -0.4 is 4.74 Å². The Bertz CT molecular complexity index is 892. The lowest BCUT2D eigenvalue weighted by Gasteiger charge is -2.38. The molecular formula is C21H20N2O2S. The minimum Gasteiger partial charge on any atom is -0.474 e. The number of pyridine rings is 1. The monoisotopic (exact) mass is 364 g/mol. The van der Waals surface area contributed by atoms with E-state index >= 15 is 0 Å². The highest BCUT2D eigenvalue weighted by atomic mass is 32.1. The molecule has 4 nitrogen and oxygen atoms in total. The van der Waals surface area contributed by atoms with E-state index in [1.54, 1.807) is 17.5 Å². The Kier molecular flexibility index (Phi) is 3.89. The molecule has 0 radical (unpaired) electrons. The van der Waals surface area contributed by atoms with E-state index in [0.717, 1.165) is 35.9 Å². The van der Waals surface area contributed by atoms with Gasteiger partial charge in [-0.1, -0.05) is 24.3 Å². The number of hydrogen-bond donors (Lipinski definition) is 0. The number of nitrogens with zero attached hydrogens (tertiary/aromatic N) is 2. The van der Waals surface area contributed by atoms with Crippen molar-refractivity contribution in [1.82, 2.24) is 9.88 Å². The van der Waals surface area contributed by atoms with Gasteiger partial charge in [0, 0.05) is 41.9 Å². The molecule has 2 aliphatic heterocycles. The van der Waals surface area contributed by atoms with Crippen molar-refractivity contribution in [3.05, 3.63) is 59.6 Å². The van der Waals surface area contributed by atoms with Crippen molar-refractivity contribution in [3.8, 4) is 5.88 Å². The third-order valence-corrected chi connectivity index (χ3v) is 6.59. The Morgan fingerprint density at radius 1 is 1.08 bits per heavy atom. The van der Waals surface area contributed by atoms with E-state index in [9.17, 15) is 4.79 Å². The van der Waals surface area contributed by atoms with Crippen LogP contribution in [0.5, 0.6) is 5.88 Å². The molecular weight excluding hydrogens is 344 g/mol. The van der Waals surface area contributed by atoms with E-state index in [1.165, 1.54) is 4.70 Å². The minimum atomic E-state index is 0.147. The Hall–Kier alpha value is -2.40. The number of hydrogen-bond acceptors (Lipinski definition) is 4. The first kappa shape index (κ1) is 15.8. The first-order valence-electron chi connectivity index (χ1n) is 9.17. The normalized spacial score (nSPS) is 24.8. The molecule has 0 saturated carbocycles. The molecule has 26 heavy (non-hydrogen) atoms. The van der Waals surface area contributed by atoms with Crippen molar-refractivity contribution >= 4 is 27.3 Å². The molecule has 2 atom stereocenters. The Morgan fingerprint density at radius 2 is 1.85 bits per heavy atom. The van der Waals surface area contributed by atoms with Gasteiger partial charge in [0.2, 0.25) is 5.88 Å². The van der Waals surface area contributed by atoms with Gasteiger partial charge in [-0.15, -0.1) is 11.3 Å². The van der Waals surface area contributed by atoms with E-state index in [-0.39, 0.29) is 24.1 Å². The lowest BCUT2D eigenvalue weighted by molar-refractivity contribution is 0.0352. The third kappa shape index (κ3) is 2.76. The second kappa shape index (κ2) is 6.40. The minimum absolute atomic E-state index is 0.147. The summed E-state index contributed by atoms with van der Waals surface area (Å²) in [4.78, 5) is 20.4. The average molecular weight is 364 g/mol. The number of thiophene rings is 1. The number of piperidine rings is 1. The molecule has 132 valence electrons. The van der Waals surface area contributed by atoms with Crippen LogP contribution in [0, 0.1) is 0 Å². The number of carbonyl (C=O) groups excluding carboxylic acids is 1. The molecule has 5 heteroatoms. The first-order valence-corrected chi connectivity index (χ1v) is 9.98. The standard InChI is InChI=1S/C21H20N2O2S/c24-21(19-11-14-5-1-2-6-18(14)26-19)23-15-8-9-16(23)13-17(12-15)25-20-7-3-4-10-22-20/h1-7,10-11,15-17H,8-9,12-13H2. The lowest BCUT2D eigenvalue weighted by atomic mass is 9.99. The van der Waals surface area contributed by atoms with Gasteiger partial charge in [0.25, 0.3) is 5.91 Å². The van der Waals surface area contributed by atoms with Crippen molar-refractivity contribution in [1.29, 1.82) is 0 Å². The number of amides is 1. The highest BCUT2D eigenvalue weighted by molar-refractivity contribution is 7.20. The molecule has 1 amide bonds. The van der Waals surface area contributed by atoms with Gasteiger partial charge in [-0.3, -0.25) is 4.79 Å². The number of aromatic nitrogens is 1. The molecule has 5 rings (SSSR count). The molecule has 1 aromatic carbocycles. The average Bonchev–Trinajstić information content (AvgIpc) is 3.21. The molecule has 0 N–H and O–H groups in total. The van der Waals surface area contributed by atoms with Crippen LogP contribution in [0.25, 0.3) is 10.1 Å². The maximum atomic E-state index is 13.2. The fourth-order valence-electron chi connectivity index (χ4n) is 4.36. The molecule has 4 heterocycles. The van der Waals surface area contributed by atoms with Gasteiger partial charge in [0.15, 0.2) is 0 Å². The fourth-order valence-corrected chi connectivity index (χ4v) is 5.36. The predicted octanol–water partition coefficient (Wildman–Crippen LogP) is 4.51. The SMILES string of the molecule is O=C(c1cc2ccccc2s1)N1C2CCC1CC(Oc1ccccn1)C2. The second-order valence-electron chi connectivity index (χ2n) is 7.13. The predicted molar refractivity (Wildman–Crippen MR) is 103 cm³/mol. The summed E-state index contributed by atoms with van der Waals surface area (Å²) in [7, 11) is 0. The molecule has 0 spiro atoms. The van der Waals surface area contributed by atoms with E-state index in [1.807, 2.05) is 36.4 Å². The lowest BCUT2D eigenvalue weighted by Crippen LogP contribution is -2.49. The van der Waals surface area contributed by atoms with Crippen LogP contribution >= 0.6 is 11.3 Å². The van der Waals surface area contributed by atoms with Gasteiger partial charge in [-0.2, -0.15) is 0 Å². The van der Waals surface area contributed by atoms with E-state index in [4.69, 9.17) is 4.74 Å².